The van der Waals surface area contributed by atoms with Gasteiger partial charge in [0.15, 0.2) is 0 Å². The maximum absolute atomic E-state index is 12.2. The number of carbonyl (C=O) groups excluding carboxylic acids is 2. The van der Waals surface area contributed by atoms with Crippen molar-refractivity contribution < 1.29 is 14.3 Å². The van der Waals surface area contributed by atoms with E-state index in [1.165, 1.54) is 0 Å². The molecule has 0 bridgehead atoms. The molecule has 1 aromatic heterocycles. The molecular formula is C16H18N4O3. The van der Waals surface area contributed by atoms with E-state index in [1.54, 1.807) is 13.8 Å². The van der Waals surface area contributed by atoms with Gasteiger partial charge in [0.05, 0.1) is 18.0 Å². The molecule has 0 saturated carbocycles. The number of carbonyl (C=O) groups is 2. The van der Waals surface area contributed by atoms with Gasteiger partial charge in [-0.25, -0.2) is 19.6 Å². The van der Waals surface area contributed by atoms with Gasteiger partial charge < -0.3 is 10.5 Å². The van der Waals surface area contributed by atoms with Gasteiger partial charge in [-0.05, 0) is 20.8 Å². The number of amides is 2. The third-order valence-electron chi connectivity index (χ3n) is 3.13. The van der Waals surface area contributed by atoms with Crippen LogP contribution in [0.15, 0.2) is 24.3 Å². The number of anilines is 1. The summed E-state index contributed by atoms with van der Waals surface area (Å²) in [5.41, 5.74) is 7.96. The quantitative estimate of drug-likeness (QED) is 0.843. The lowest BCUT2D eigenvalue weighted by molar-refractivity contribution is 0.0525. The van der Waals surface area contributed by atoms with E-state index in [4.69, 9.17) is 10.5 Å². The SMILES string of the molecule is CCOC(=O)c1c(C)nc(NC(N)=O)nc1-c1ccc(C)cc1. The van der Waals surface area contributed by atoms with Crippen LogP contribution in [0.25, 0.3) is 11.3 Å². The summed E-state index contributed by atoms with van der Waals surface area (Å²) in [6.45, 7) is 5.58. The van der Waals surface area contributed by atoms with Crippen molar-refractivity contribution >= 4 is 17.9 Å². The minimum absolute atomic E-state index is 0.0404. The van der Waals surface area contributed by atoms with E-state index in [0.717, 1.165) is 11.1 Å². The Bertz CT molecular complexity index is 742. The number of hydrogen-bond donors (Lipinski definition) is 2. The van der Waals surface area contributed by atoms with Gasteiger partial charge in [-0.15, -0.1) is 0 Å². The molecule has 1 heterocycles. The molecule has 0 aliphatic carbocycles. The van der Waals surface area contributed by atoms with Crippen LogP contribution in [0.5, 0.6) is 0 Å². The van der Waals surface area contributed by atoms with Crippen molar-refractivity contribution in [3.8, 4) is 11.3 Å². The van der Waals surface area contributed by atoms with Crippen molar-refractivity contribution in [3.63, 3.8) is 0 Å². The van der Waals surface area contributed by atoms with Gasteiger partial charge in [0.25, 0.3) is 0 Å². The predicted molar refractivity (Wildman–Crippen MR) is 86.1 cm³/mol. The van der Waals surface area contributed by atoms with Crippen LogP contribution in [0.2, 0.25) is 0 Å². The maximum Gasteiger partial charge on any atom is 0.342 e. The molecule has 0 radical (unpaired) electrons. The summed E-state index contributed by atoms with van der Waals surface area (Å²) in [7, 11) is 0. The zero-order chi connectivity index (χ0) is 17.0. The van der Waals surface area contributed by atoms with Crippen molar-refractivity contribution in [2.24, 2.45) is 5.73 Å². The molecular weight excluding hydrogens is 296 g/mol. The molecule has 7 nitrogen and oxygen atoms in total. The average molecular weight is 314 g/mol. The lowest BCUT2D eigenvalue weighted by Crippen LogP contribution is -2.22. The number of hydrogen-bond acceptors (Lipinski definition) is 5. The molecule has 0 atom stereocenters. The van der Waals surface area contributed by atoms with Gasteiger partial charge >= 0.3 is 12.0 Å². The van der Waals surface area contributed by atoms with Gasteiger partial charge in [-0.3, -0.25) is 5.32 Å². The molecule has 2 amide bonds. The molecule has 1 aromatic carbocycles. The second-order valence-corrected chi connectivity index (χ2v) is 4.93. The second-order valence-electron chi connectivity index (χ2n) is 4.93. The van der Waals surface area contributed by atoms with E-state index in [2.05, 4.69) is 15.3 Å². The van der Waals surface area contributed by atoms with Gasteiger partial charge in [-0.1, -0.05) is 29.8 Å². The molecule has 0 saturated heterocycles. The normalized spacial score (nSPS) is 10.2. The second kappa shape index (κ2) is 6.87. The molecule has 0 fully saturated rings. The van der Waals surface area contributed by atoms with Crippen LogP contribution >= 0.6 is 0 Å². The lowest BCUT2D eigenvalue weighted by Gasteiger charge is -2.13. The standard InChI is InChI=1S/C16H18N4O3/c1-4-23-14(21)12-10(3)18-16(20-15(17)22)19-13(12)11-7-5-9(2)6-8-11/h5-8H,4H2,1-3H3,(H3,17,18,19,20,22). The summed E-state index contributed by atoms with van der Waals surface area (Å²) in [6.07, 6.45) is 0. The number of aryl methyl sites for hydroxylation is 2. The fraction of sp³-hybridized carbons (Fsp3) is 0.250. The minimum Gasteiger partial charge on any atom is -0.462 e. The lowest BCUT2D eigenvalue weighted by atomic mass is 10.0. The van der Waals surface area contributed by atoms with E-state index in [9.17, 15) is 9.59 Å². The number of nitrogens with two attached hydrogens (primary N) is 1. The van der Waals surface area contributed by atoms with Crippen LogP contribution in [0, 0.1) is 13.8 Å². The summed E-state index contributed by atoms with van der Waals surface area (Å²) in [5, 5.41) is 2.33. The molecule has 7 heteroatoms. The largest absolute Gasteiger partial charge is 0.462 e. The van der Waals surface area contributed by atoms with Crippen LogP contribution in [-0.4, -0.2) is 28.6 Å². The smallest absolute Gasteiger partial charge is 0.342 e. The van der Waals surface area contributed by atoms with Crippen LogP contribution in [0.1, 0.15) is 28.5 Å². The Balaban J connectivity index is 2.62. The van der Waals surface area contributed by atoms with Crippen molar-refractivity contribution in [2.45, 2.75) is 20.8 Å². The molecule has 2 rings (SSSR count). The van der Waals surface area contributed by atoms with E-state index >= 15 is 0 Å². The van der Waals surface area contributed by atoms with Gasteiger partial charge in [0.1, 0.15) is 5.56 Å². The van der Waals surface area contributed by atoms with E-state index in [1.807, 2.05) is 31.2 Å². The van der Waals surface area contributed by atoms with Crippen molar-refractivity contribution in [2.75, 3.05) is 11.9 Å². The molecule has 2 aromatic rings. The highest BCUT2D eigenvalue weighted by Crippen LogP contribution is 2.26. The van der Waals surface area contributed by atoms with Crippen LogP contribution in [-0.2, 0) is 4.74 Å². The minimum atomic E-state index is -0.775. The first-order valence-corrected chi connectivity index (χ1v) is 7.11. The highest BCUT2D eigenvalue weighted by Gasteiger charge is 2.21. The monoisotopic (exact) mass is 314 g/mol. The average Bonchev–Trinajstić information content (AvgIpc) is 2.46. The number of primary amides is 1. The van der Waals surface area contributed by atoms with Crippen molar-refractivity contribution in [1.29, 1.82) is 0 Å². The number of rotatable bonds is 4. The Morgan fingerprint density at radius 1 is 1.17 bits per heavy atom. The first-order valence-electron chi connectivity index (χ1n) is 7.11. The molecule has 3 N–H and O–H groups in total. The first kappa shape index (κ1) is 16.4. The Hall–Kier alpha value is -2.96. The van der Waals surface area contributed by atoms with E-state index < -0.39 is 12.0 Å². The zero-order valence-electron chi connectivity index (χ0n) is 13.2. The van der Waals surface area contributed by atoms with Gasteiger partial charge in [-0.2, -0.15) is 0 Å². The first-order chi connectivity index (χ1) is 10.9. The molecule has 120 valence electrons. The zero-order valence-corrected chi connectivity index (χ0v) is 13.2. The summed E-state index contributed by atoms with van der Waals surface area (Å²) in [5.74, 6) is -0.468. The fourth-order valence-electron chi connectivity index (χ4n) is 2.11. The van der Waals surface area contributed by atoms with Crippen LogP contribution in [0.3, 0.4) is 0 Å². The molecule has 23 heavy (non-hydrogen) atoms. The van der Waals surface area contributed by atoms with Crippen LogP contribution < -0.4 is 11.1 Å². The number of ether oxygens (including phenoxy) is 1. The van der Waals surface area contributed by atoms with Crippen LogP contribution in [0.4, 0.5) is 10.7 Å². The topological polar surface area (TPSA) is 107 Å². The Kier molecular flexibility index (Phi) is 4.90. The van der Waals surface area contributed by atoms with E-state index in [0.29, 0.717) is 11.4 Å². The molecule has 0 aliphatic rings. The van der Waals surface area contributed by atoms with Crippen molar-refractivity contribution in [3.05, 3.63) is 41.1 Å². The summed E-state index contributed by atoms with van der Waals surface area (Å²) < 4.78 is 5.08. The molecule has 0 spiro atoms. The third-order valence-corrected chi connectivity index (χ3v) is 3.13. The number of urea groups is 1. The number of benzene rings is 1. The molecule has 0 unspecified atom stereocenters. The van der Waals surface area contributed by atoms with E-state index in [-0.39, 0.29) is 18.1 Å². The highest BCUT2D eigenvalue weighted by atomic mass is 16.5. The summed E-state index contributed by atoms with van der Waals surface area (Å²) in [6, 6.07) is 6.72. The number of aromatic nitrogens is 2. The number of nitrogens with zero attached hydrogens (tertiary/aromatic N) is 2. The number of nitrogens with one attached hydrogen (secondary N) is 1. The summed E-state index contributed by atoms with van der Waals surface area (Å²) >= 11 is 0. The molecule has 0 aliphatic heterocycles. The highest BCUT2D eigenvalue weighted by molar-refractivity contribution is 5.98. The predicted octanol–water partition coefficient (Wildman–Crippen LogP) is 2.43. The third kappa shape index (κ3) is 3.82. The summed E-state index contributed by atoms with van der Waals surface area (Å²) in [4.78, 5) is 31.6. The van der Waals surface area contributed by atoms with Gasteiger partial charge in [0.2, 0.25) is 5.95 Å². The van der Waals surface area contributed by atoms with Gasteiger partial charge in [0, 0.05) is 5.56 Å². The van der Waals surface area contributed by atoms with Crippen molar-refractivity contribution in [1.82, 2.24) is 9.97 Å². The fourth-order valence-corrected chi connectivity index (χ4v) is 2.11. The Labute approximate surface area is 133 Å². The number of esters is 1. The maximum atomic E-state index is 12.2. The Morgan fingerprint density at radius 2 is 1.83 bits per heavy atom. The Morgan fingerprint density at radius 3 is 2.39 bits per heavy atom.